The number of hydrogen-bond donors (Lipinski definition) is 0. The maximum absolute atomic E-state index is 6.29. The van der Waals surface area contributed by atoms with Gasteiger partial charge in [-0.05, 0) is 33.8 Å². The molecule has 0 unspecified atom stereocenters. The van der Waals surface area contributed by atoms with Crippen LogP contribution >= 0.6 is 11.6 Å². The number of rotatable bonds is 8. The quantitative estimate of drug-likeness (QED) is 0.559. The molecule has 0 fully saturated rings. The molecule has 0 aliphatic heterocycles. The second-order valence-electron chi connectivity index (χ2n) is 6.71. The summed E-state index contributed by atoms with van der Waals surface area (Å²) in [6.45, 7) is 9.79. The first-order chi connectivity index (χ1) is 12.4. The molecule has 8 heteroatoms. The van der Waals surface area contributed by atoms with E-state index in [9.17, 15) is 0 Å². The van der Waals surface area contributed by atoms with Gasteiger partial charge in [0.05, 0.1) is 23.1 Å². The van der Waals surface area contributed by atoms with Crippen LogP contribution < -0.4 is 0 Å². The molecule has 3 aromatic heterocycles. The van der Waals surface area contributed by atoms with Crippen molar-refractivity contribution in [3.8, 4) is 0 Å². The SMILES string of the molecule is Cc1cc(C)n([C@H](CCl)CN(Cc2cc(C)on2)Cc2cc(C)on2)n1. The van der Waals surface area contributed by atoms with Gasteiger partial charge in [-0.15, -0.1) is 11.6 Å². The van der Waals surface area contributed by atoms with Crippen molar-refractivity contribution in [1.29, 1.82) is 0 Å². The summed E-state index contributed by atoms with van der Waals surface area (Å²) in [5.41, 5.74) is 3.85. The van der Waals surface area contributed by atoms with E-state index in [0.717, 1.165) is 34.3 Å². The molecular weight excluding hydrogens is 354 g/mol. The normalized spacial score (nSPS) is 12.8. The molecule has 3 heterocycles. The van der Waals surface area contributed by atoms with Gasteiger partial charge in [-0.2, -0.15) is 5.10 Å². The molecule has 26 heavy (non-hydrogen) atoms. The standard InChI is InChI=1S/C18H24ClN5O2/c1-12-5-13(2)24(20-12)18(8-19)11-23(9-16-6-14(3)25-21-16)10-17-7-15(4)26-22-17/h5-7,18H,8-11H2,1-4H3/t18-/m1/s1. The molecule has 0 amide bonds. The van der Waals surface area contributed by atoms with Gasteiger partial charge in [0.25, 0.3) is 0 Å². The lowest BCUT2D eigenvalue weighted by Gasteiger charge is -2.26. The molecule has 0 aliphatic rings. The molecule has 0 radical (unpaired) electrons. The molecule has 3 aromatic rings. The first kappa shape index (κ1) is 18.7. The molecule has 140 valence electrons. The highest BCUT2D eigenvalue weighted by atomic mass is 35.5. The Labute approximate surface area is 157 Å². The van der Waals surface area contributed by atoms with Crippen molar-refractivity contribution in [2.24, 2.45) is 0 Å². The minimum absolute atomic E-state index is 0.0476. The third-order valence-corrected chi connectivity index (χ3v) is 4.52. The van der Waals surface area contributed by atoms with E-state index in [1.165, 1.54) is 0 Å². The summed E-state index contributed by atoms with van der Waals surface area (Å²) >= 11 is 6.29. The van der Waals surface area contributed by atoms with Crippen LogP contribution in [-0.2, 0) is 13.1 Å². The molecule has 1 atom stereocenters. The van der Waals surface area contributed by atoms with E-state index in [4.69, 9.17) is 20.6 Å². The van der Waals surface area contributed by atoms with E-state index in [1.807, 2.05) is 44.5 Å². The number of nitrogens with zero attached hydrogens (tertiary/aromatic N) is 5. The van der Waals surface area contributed by atoms with E-state index < -0.39 is 0 Å². The van der Waals surface area contributed by atoms with Crippen LogP contribution in [0, 0.1) is 27.7 Å². The summed E-state index contributed by atoms with van der Waals surface area (Å²) in [6, 6.07) is 6.00. The molecule has 0 spiro atoms. The number of aromatic nitrogens is 4. The van der Waals surface area contributed by atoms with Gasteiger partial charge < -0.3 is 9.05 Å². The van der Waals surface area contributed by atoms with Crippen molar-refractivity contribution in [2.75, 3.05) is 12.4 Å². The van der Waals surface area contributed by atoms with Crippen LogP contribution in [0.4, 0.5) is 0 Å². The Hall–Kier alpha value is -2.12. The second kappa shape index (κ2) is 8.05. The highest BCUT2D eigenvalue weighted by Gasteiger charge is 2.20. The van der Waals surface area contributed by atoms with Gasteiger partial charge >= 0.3 is 0 Å². The Morgan fingerprint density at radius 2 is 1.58 bits per heavy atom. The van der Waals surface area contributed by atoms with Gasteiger partial charge in [0.1, 0.15) is 11.5 Å². The maximum atomic E-state index is 6.29. The molecule has 0 saturated carbocycles. The summed E-state index contributed by atoms with van der Waals surface area (Å²) < 4.78 is 12.4. The fraction of sp³-hybridized carbons (Fsp3) is 0.500. The van der Waals surface area contributed by atoms with Crippen molar-refractivity contribution in [2.45, 2.75) is 46.8 Å². The lowest BCUT2D eigenvalue weighted by Crippen LogP contribution is -2.32. The average Bonchev–Trinajstić information content (AvgIpc) is 3.26. The average molecular weight is 378 g/mol. The van der Waals surface area contributed by atoms with Gasteiger partial charge in [0.15, 0.2) is 0 Å². The van der Waals surface area contributed by atoms with Gasteiger partial charge in [0, 0.05) is 43.3 Å². The molecule has 0 bridgehead atoms. The Bertz CT molecular complexity index is 811. The highest BCUT2D eigenvalue weighted by Crippen LogP contribution is 2.18. The van der Waals surface area contributed by atoms with Crippen LogP contribution in [0.1, 0.15) is 40.3 Å². The number of hydrogen-bond acceptors (Lipinski definition) is 6. The smallest absolute Gasteiger partial charge is 0.133 e. The van der Waals surface area contributed by atoms with Gasteiger partial charge in [-0.25, -0.2) is 0 Å². The lowest BCUT2D eigenvalue weighted by molar-refractivity contribution is 0.204. The van der Waals surface area contributed by atoms with Crippen LogP contribution in [0.2, 0.25) is 0 Å². The monoisotopic (exact) mass is 377 g/mol. The Kier molecular flexibility index (Phi) is 5.78. The molecule has 0 aliphatic carbocycles. The van der Waals surface area contributed by atoms with Gasteiger partial charge in [-0.3, -0.25) is 9.58 Å². The van der Waals surface area contributed by atoms with Crippen LogP contribution in [-0.4, -0.2) is 37.4 Å². The van der Waals surface area contributed by atoms with E-state index in [0.29, 0.717) is 25.5 Å². The summed E-state index contributed by atoms with van der Waals surface area (Å²) in [6.07, 6.45) is 0. The fourth-order valence-corrected chi connectivity index (χ4v) is 3.36. The minimum Gasteiger partial charge on any atom is -0.361 e. The summed E-state index contributed by atoms with van der Waals surface area (Å²) in [4.78, 5) is 2.23. The van der Waals surface area contributed by atoms with Crippen LogP contribution in [0.5, 0.6) is 0 Å². The van der Waals surface area contributed by atoms with Crippen molar-refractivity contribution >= 4 is 11.6 Å². The van der Waals surface area contributed by atoms with Crippen LogP contribution in [0.15, 0.2) is 27.2 Å². The zero-order valence-corrected chi connectivity index (χ0v) is 16.3. The van der Waals surface area contributed by atoms with E-state index in [2.05, 4.69) is 26.4 Å². The Morgan fingerprint density at radius 3 is 1.96 bits per heavy atom. The first-order valence-corrected chi connectivity index (χ1v) is 9.13. The van der Waals surface area contributed by atoms with Crippen LogP contribution in [0.3, 0.4) is 0 Å². The summed E-state index contributed by atoms with van der Waals surface area (Å²) in [7, 11) is 0. The number of alkyl halides is 1. The molecule has 7 nitrogen and oxygen atoms in total. The fourth-order valence-electron chi connectivity index (χ4n) is 3.13. The third-order valence-electron chi connectivity index (χ3n) is 4.16. The first-order valence-electron chi connectivity index (χ1n) is 8.60. The van der Waals surface area contributed by atoms with Crippen LogP contribution in [0.25, 0.3) is 0 Å². The van der Waals surface area contributed by atoms with Crippen molar-refractivity contribution in [1.82, 2.24) is 25.0 Å². The molecule has 3 rings (SSSR count). The van der Waals surface area contributed by atoms with Gasteiger partial charge in [0.2, 0.25) is 0 Å². The highest BCUT2D eigenvalue weighted by molar-refractivity contribution is 6.18. The summed E-state index contributed by atoms with van der Waals surface area (Å²) in [5, 5.41) is 12.8. The number of halogens is 1. The van der Waals surface area contributed by atoms with Crippen molar-refractivity contribution in [3.63, 3.8) is 0 Å². The molecule has 0 saturated heterocycles. The molecule has 0 aromatic carbocycles. The third kappa shape index (κ3) is 4.53. The number of aryl methyl sites for hydroxylation is 4. The van der Waals surface area contributed by atoms with Crippen molar-refractivity contribution in [3.05, 3.63) is 52.5 Å². The summed E-state index contributed by atoms with van der Waals surface area (Å²) in [5.74, 6) is 2.06. The molecule has 0 N–H and O–H groups in total. The lowest BCUT2D eigenvalue weighted by atomic mass is 10.2. The molecular formula is C18H24ClN5O2. The minimum atomic E-state index is 0.0476. The van der Waals surface area contributed by atoms with E-state index in [-0.39, 0.29) is 6.04 Å². The topological polar surface area (TPSA) is 73.1 Å². The zero-order chi connectivity index (χ0) is 18.7. The predicted molar refractivity (Wildman–Crippen MR) is 98.1 cm³/mol. The Morgan fingerprint density at radius 1 is 1.00 bits per heavy atom. The zero-order valence-electron chi connectivity index (χ0n) is 15.6. The van der Waals surface area contributed by atoms with Crippen molar-refractivity contribution < 1.29 is 9.05 Å². The van der Waals surface area contributed by atoms with Gasteiger partial charge in [-0.1, -0.05) is 10.3 Å². The maximum Gasteiger partial charge on any atom is 0.133 e. The Balaban J connectivity index is 1.79. The van der Waals surface area contributed by atoms with E-state index in [1.54, 1.807) is 0 Å². The van der Waals surface area contributed by atoms with E-state index >= 15 is 0 Å². The predicted octanol–water partition coefficient (Wildman–Crippen LogP) is 3.58. The second-order valence-corrected chi connectivity index (χ2v) is 7.02. The largest absolute Gasteiger partial charge is 0.361 e.